The quantitative estimate of drug-likeness (QED) is 0.140. The molecule has 0 N–H and O–H groups in total. The fourth-order valence-electron chi connectivity index (χ4n) is 3.55. The van der Waals surface area contributed by atoms with Crippen LogP contribution in [0, 0.1) is 14.9 Å². The number of nitriles is 1. The lowest BCUT2D eigenvalue weighted by molar-refractivity contribution is 0.283. The summed E-state index contributed by atoms with van der Waals surface area (Å²) >= 11 is 8.51. The molecule has 0 heterocycles. The summed E-state index contributed by atoms with van der Waals surface area (Å²) in [5.74, 6) is 1.29. The highest BCUT2D eigenvalue weighted by molar-refractivity contribution is 14.1. The molecule has 0 amide bonds. The van der Waals surface area contributed by atoms with Crippen LogP contribution in [-0.2, 0) is 6.61 Å². The Bertz CT molecular complexity index is 1350. The van der Waals surface area contributed by atoms with Crippen molar-refractivity contribution >= 4 is 56.6 Å². The van der Waals surface area contributed by atoms with Crippen molar-refractivity contribution in [3.05, 3.63) is 104 Å². The van der Waals surface area contributed by atoms with E-state index in [9.17, 15) is 5.26 Å². The summed E-state index contributed by atoms with van der Waals surface area (Å²) < 4.78 is 12.7. The van der Waals surface area contributed by atoms with Gasteiger partial charge in [0.2, 0.25) is 0 Å². The van der Waals surface area contributed by atoms with E-state index in [1.54, 1.807) is 19.3 Å². The van der Waals surface area contributed by atoms with Gasteiger partial charge < -0.3 is 9.47 Å². The highest BCUT2D eigenvalue weighted by Crippen LogP contribution is 2.36. The molecular weight excluding hydrogens is 533 g/mol. The summed E-state index contributed by atoms with van der Waals surface area (Å²) in [6.45, 7) is 0.423. The molecule has 0 bridgehead atoms. The van der Waals surface area contributed by atoms with Gasteiger partial charge in [-0.15, -0.1) is 0 Å². The zero-order chi connectivity index (χ0) is 22.5. The van der Waals surface area contributed by atoms with Crippen LogP contribution in [0.4, 0.5) is 0 Å². The minimum Gasteiger partial charge on any atom is -0.493 e. The molecule has 158 valence electrons. The average molecular weight is 552 g/mol. The normalized spacial score (nSPS) is 11.2. The lowest BCUT2D eigenvalue weighted by Gasteiger charge is -2.15. The standard InChI is InChI=1S/C27H19ClINO2/c1-31-26-15-18(13-21(16-30)23-11-4-5-12-24(23)28)14-25(29)27(26)32-17-20-9-6-8-19-7-2-3-10-22(19)20/h2-15H,17H2,1H3. The highest BCUT2D eigenvalue weighted by Gasteiger charge is 2.13. The van der Waals surface area contributed by atoms with Gasteiger partial charge in [-0.05, 0) is 68.8 Å². The summed E-state index contributed by atoms with van der Waals surface area (Å²) in [4.78, 5) is 0. The minimum absolute atomic E-state index is 0.423. The van der Waals surface area contributed by atoms with Crippen LogP contribution in [0.15, 0.2) is 78.9 Å². The van der Waals surface area contributed by atoms with E-state index in [4.69, 9.17) is 21.1 Å². The molecule has 0 aromatic heterocycles. The first-order chi connectivity index (χ1) is 15.6. The molecule has 0 radical (unpaired) electrons. The molecule has 4 aromatic carbocycles. The van der Waals surface area contributed by atoms with Crippen molar-refractivity contribution in [2.45, 2.75) is 6.61 Å². The third-order valence-electron chi connectivity index (χ3n) is 5.10. The maximum Gasteiger partial charge on any atom is 0.174 e. The second kappa shape index (κ2) is 10.1. The zero-order valence-electron chi connectivity index (χ0n) is 17.3. The molecule has 4 aromatic rings. The van der Waals surface area contributed by atoms with Crippen molar-refractivity contribution in [3.63, 3.8) is 0 Å². The summed E-state index contributed by atoms with van der Waals surface area (Å²) in [5, 5.41) is 12.6. The topological polar surface area (TPSA) is 42.2 Å². The van der Waals surface area contributed by atoms with Gasteiger partial charge in [-0.1, -0.05) is 72.3 Å². The molecule has 4 rings (SSSR count). The Balaban J connectivity index is 1.65. The first-order valence-corrected chi connectivity index (χ1v) is 11.4. The average Bonchev–Trinajstić information content (AvgIpc) is 2.82. The van der Waals surface area contributed by atoms with Crippen molar-refractivity contribution in [2.24, 2.45) is 0 Å². The van der Waals surface area contributed by atoms with E-state index in [1.165, 1.54) is 10.8 Å². The lowest BCUT2D eigenvalue weighted by atomic mass is 10.0. The van der Waals surface area contributed by atoms with Crippen LogP contribution in [0.3, 0.4) is 0 Å². The van der Waals surface area contributed by atoms with Crippen molar-refractivity contribution in [3.8, 4) is 17.6 Å². The number of fused-ring (bicyclic) bond motifs is 1. The van der Waals surface area contributed by atoms with Gasteiger partial charge in [-0.25, -0.2) is 0 Å². The first kappa shape index (κ1) is 22.2. The summed E-state index contributed by atoms with van der Waals surface area (Å²) in [6.07, 6.45) is 1.81. The highest BCUT2D eigenvalue weighted by atomic mass is 127. The molecule has 0 spiro atoms. The second-order valence-corrected chi connectivity index (χ2v) is 8.68. The van der Waals surface area contributed by atoms with Crippen molar-refractivity contribution < 1.29 is 9.47 Å². The Morgan fingerprint density at radius 1 is 1.03 bits per heavy atom. The molecule has 32 heavy (non-hydrogen) atoms. The van der Waals surface area contributed by atoms with Crippen LogP contribution in [0.1, 0.15) is 16.7 Å². The van der Waals surface area contributed by atoms with Crippen LogP contribution >= 0.6 is 34.2 Å². The molecule has 0 unspecified atom stereocenters. The van der Waals surface area contributed by atoms with Crippen LogP contribution in [-0.4, -0.2) is 7.11 Å². The second-order valence-electron chi connectivity index (χ2n) is 7.11. The van der Waals surface area contributed by atoms with E-state index >= 15 is 0 Å². The molecule has 5 heteroatoms. The van der Waals surface area contributed by atoms with Gasteiger partial charge in [0, 0.05) is 10.6 Å². The van der Waals surface area contributed by atoms with Crippen molar-refractivity contribution in [2.75, 3.05) is 7.11 Å². The van der Waals surface area contributed by atoms with Gasteiger partial charge in [0.15, 0.2) is 11.5 Å². The number of hydrogen-bond acceptors (Lipinski definition) is 3. The Labute approximate surface area is 206 Å². The SMILES string of the molecule is COc1cc(C=C(C#N)c2ccccc2Cl)cc(I)c1OCc1cccc2ccccc12. The van der Waals surface area contributed by atoms with Gasteiger partial charge in [-0.2, -0.15) is 5.26 Å². The number of benzene rings is 4. The van der Waals surface area contributed by atoms with Gasteiger partial charge >= 0.3 is 0 Å². The Kier molecular flexibility index (Phi) is 6.99. The van der Waals surface area contributed by atoms with Crippen LogP contribution in [0.25, 0.3) is 22.4 Å². The molecule has 0 aliphatic rings. The Morgan fingerprint density at radius 2 is 1.78 bits per heavy atom. The summed E-state index contributed by atoms with van der Waals surface area (Å²) in [7, 11) is 1.61. The van der Waals surface area contributed by atoms with E-state index in [2.05, 4.69) is 52.9 Å². The van der Waals surface area contributed by atoms with E-state index in [0.29, 0.717) is 34.3 Å². The molecule has 0 fully saturated rings. The van der Waals surface area contributed by atoms with Gasteiger partial charge in [0.25, 0.3) is 0 Å². The van der Waals surface area contributed by atoms with E-state index in [0.717, 1.165) is 14.7 Å². The van der Waals surface area contributed by atoms with E-state index in [-0.39, 0.29) is 0 Å². The maximum atomic E-state index is 9.68. The largest absolute Gasteiger partial charge is 0.493 e. The number of hydrogen-bond donors (Lipinski definition) is 0. The molecule has 0 aliphatic heterocycles. The molecule has 0 atom stereocenters. The number of ether oxygens (including phenoxy) is 2. The minimum atomic E-state index is 0.423. The van der Waals surface area contributed by atoms with Crippen LogP contribution < -0.4 is 9.47 Å². The number of allylic oxidation sites excluding steroid dienone is 1. The predicted octanol–water partition coefficient (Wildman–Crippen LogP) is 7.75. The maximum absolute atomic E-state index is 9.68. The van der Waals surface area contributed by atoms with E-state index < -0.39 is 0 Å². The summed E-state index contributed by atoms with van der Waals surface area (Å²) in [6, 6.07) is 27.9. The zero-order valence-corrected chi connectivity index (χ0v) is 20.2. The van der Waals surface area contributed by atoms with Gasteiger partial charge in [0.05, 0.1) is 22.3 Å². The van der Waals surface area contributed by atoms with Gasteiger partial charge in [0.1, 0.15) is 6.61 Å². The third kappa shape index (κ3) is 4.74. The lowest BCUT2D eigenvalue weighted by Crippen LogP contribution is -2.01. The Hall–Kier alpha value is -3.01. The first-order valence-electron chi connectivity index (χ1n) is 9.94. The molecule has 0 saturated carbocycles. The molecular formula is C27H19ClINO2. The summed E-state index contributed by atoms with van der Waals surface area (Å²) in [5.41, 5.74) is 3.12. The Morgan fingerprint density at radius 3 is 2.56 bits per heavy atom. The van der Waals surface area contributed by atoms with Gasteiger partial charge in [-0.3, -0.25) is 0 Å². The van der Waals surface area contributed by atoms with Crippen LogP contribution in [0.2, 0.25) is 5.02 Å². The number of rotatable bonds is 6. The number of halogens is 2. The monoisotopic (exact) mass is 551 g/mol. The van der Waals surface area contributed by atoms with Crippen molar-refractivity contribution in [1.29, 1.82) is 5.26 Å². The predicted molar refractivity (Wildman–Crippen MR) is 139 cm³/mol. The van der Waals surface area contributed by atoms with Crippen molar-refractivity contribution in [1.82, 2.24) is 0 Å². The molecule has 0 aliphatic carbocycles. The molecule has 3 nitrogen and oxygen atoms in total. The number of nitrogens with zero attached hydrogens (tertiary/aromatic N) is 1. The van der Waals surface area contributed by atoms with E-state index in [1.807, 2.05) is 48.5 Å². The third-order valence-corrected chi connectivity index (χ3v) is 6.23. The smallest absolute Gasteiger partial charge is 0.174 e. The fraction of sp³-hybridized carbons (Fsp3) is 0.0741. The van der Waals surface area contributed by atoms with Crippen LogP contribution in [0.5, 0.6) is 11.5 Å². The molecule has 0 saturated heterocycles. The fourth-order valence-corrected chi connectivity index (χ4v) is 4.57. The number of methoxy groups -OCH3 is 1.